The van der Waals surface area contributed by atoms with E-state index in [-0.39, 0.29) is 23.3 Å². The monoisotopic (exact) mass is 368 g/mol. The molecule has 118 valence electrons. The third kappa shape index (κ3) is 3.15. The second-order valence-corrected chi connectivity index (χ2v) is 6.27. The van der Waals surface area contributed by atoms with E-state index < -0.39 is 6.04 Å². The molecule has 7 heteroatoms. The Balaban J connectivity index is 1.85. The van der Waals surface area contributed by atoms with Gasteiger partial charge in [0.25, 0.3) is 5.91 Å². The van der Waals surface area contributed by atoms with Crippen molar-refractivity contribution in [2.75, 3.05) is 10.2 Å². The minimum Gasteiger partial charge on any atom is -0.373 e. The van der Waals surface area contributed by atoms with E-state index in [1.807, 2.05) is 0 Å². The van der Waals surface area contributed by atoms with Crippen LogP contribution in [0.1, 0.15) is 6.42 Å². The fraction of sp³-hybridized carbons (Fsp3) is 0.125. The largest absolute Gasteiger partial charge is 0.373 e. The minimum atomic E-state index is -0.654. The van der Waals surface area contributed by atoms with Crippen molar-refractivity contribution in [3.05, 3.63) is 57.5 Å². The smallest absolute Gasteiger partial charge is 0.256 e. The number of nitrogens with one attached hydrogen (secondary N) is 1. The van der Waals surface area contributed by atoms with Crippen molar-refractivity contribution in [3.8, 4) is 0 Å². The number of amides is 2. The van der Waals surface area contributed by atoms with E-state index in [4.69, 9.17) is 34.8 Å². The minimum absolute atomic E-state index is 0.0459. The average molecular weight is 370 g/mol. The summed E-state index contributed by atoms with van der Waals surface area (Å²) in [5.74, 6) is -0.695. The SMILES string of the molecule is O=C1C[C@H](Nc2ccc(Cl)cc2)C(=O)N1c1cccc(Cl)c1Cl. The quantitative estimate of drug-likeness (QED) is 0.816. The van der Waals surface area contributed by atoms with Gasteiger partial charge in [0.2, 0.25) is 5.91 Å². The molecule has 1 fully saturated rings. The molecule has 0 radical (unpaired) electrons. The number of hydrogen-bond donors (Lipinski definition) is 1. The first kappa shape index (κ1) is 16.1. The molecule has 1 atom stereocenters. The van der Waals surface area contributed by atoms with Crippen molar-refractivity contribution < 1.29 is 9.59 Å². The van der Waals surface area contributed by atoms with E-state index in [1.54, 1.807) is 42.5 Å². The molecule has 0 aromatic heterocycles. The van der Waals surface area contributed by atoms with Crippen molar-refractivity contribution in [2.24, 2.45) is 0 Å². The molecule has 0 aliphatic carbocycles. The van der Waals surface area contributed by atoms with Crippen LogP contribution in [0, 0.1) is 0 Å². The molecule has 1 N–H and O–H groups in total. The van der Waals surface area contributed by atoms with Crippen LogP contribution in [-0.2, 0) is 9.59 Å². The lowest BCUT2D eigenvalue weighted by molar-refractivity contribution is -0.121. The zero-order valence-corrected chi connectivity index (χ0v) is 14.0. The lowest BCUT2D eigenvalue weighted by Gasteiger charge is -2.17. The maximum Gasteiger partial charge on any atom is 0.256 e. The van der Waals surface area contributed by atoms with Crippen LogP contribution in [0.4, 0.5) is 11.4 Å². The zero-order chi connectivity index (χ0) is 16.6. The number of carbonyl (C=O) groups excluding carboxylic acids is 2. The lowest BCUT2D eigenvalue weighted by Crippen LogP contribution is -2.35. The highest BCUT2D eigenvalue weighted by Gasteiger charge is 2.40. The maximum atomic E-state index is 12.6. The number of benzene rings is 2. The van der Waals surface area contributed by atoms with Crippen molar-refractivity contribution in [3.63, 3.8) is 0 Å². The first-order chi connectivity index (χ1) is 11.0. The number of carbonyl (C=O) groups is 2. The molecule has 4 nitrogen and oxygen atoms in total. The first-order valence-corrected chi connectivity index (χ1v) is 7.93. The van der Waals surface area contributed by atoms with Gasteiger partial charge in [-0.05, 0) is 36.4 Å². The molecule has 2 aromatic carbocycles. The molecule has 0 bridgehead atoms. The van der Waals surface area contributed by atoms with Crippen LogP contribution in [0.2, 0.25) is 15.1 Å². The molecule has 1 heterocycles. The highest BCUT2D eigenvalue weighted by Crippen LogP contribution is 2.35. The Morgan fingerprint density at radius 2 is 1.70 bits per heavy atom. The molecule has 0 spiro atoms. The van der Waals surface area contributed by atoms with Crippen LogP contribution >= 0.6 is 34.8 Å². The Morgan fingerprint density at radius 1 is 1.00 bits per heavy atom. The summed E-state index contributed by atoms with van der Waals surface area (Å²) in [5.41, 5.74) is 1.01. The lowest BCUT2D eigenvalue weighted by atomic mass is 10.2. The molecule has 1 saturated heterocycles. The van der Waals surface area contributed by atoms with Gasteiger partial charge in [0.05, 0.1) is 22.2 Å². The number of halogens is 3. The zero-order valence-electron chi connectivity index (χ0n) is 11.7. The molecule has 0 unspecified atom stereocenters. The summed E-state index contributed by atoms with van der Waals surface area (Å²) in [6.45, 7) is 0. The highest BCUT2D eigenvalue weighted by atomic mass is 35.5. The van der Waals surface area contributed by atoms with Crippen molar-refractivity contribution >= 4 is 58.0 Å². The summed E-state index contributed by atoms with van der Waals surface area (Å²) >= 11 is 17.9. The van der Waals surface area contributed by atoms with Gasteiger partial charge >= 0.3 is 0 Å². The van der Waals surface area contributed by atoms with Crippen LogP contribution in [0.15, 0.2) is 42.5 Å². The Labute approximate surface area is 147 Å². The van der Waals surface area contributed by atoms with Gasteiger partial charge in [-0.1, -0.05) is 40.9 Å². The van der Waals surface area contributed by atoms with Crippen LogP contribution in [0.3, 0.4) is 0 Å². The molecule has 23 heavy (non-hydrogen) atoms. The maximum absolute atomic E-state index is 12.6. The van der Waals surface area contributed by atoms with Gasteiger partial charge in [-0.15, -0.1) is 0 Å². The predicted molar refractivity (Wildman–Crippen MR) is 92.4 cm³/mol. The Bertz CT molecular complexity index is 777. The summed E-state index contributed by atoms with van der Waals surface area (Å²) in [6.07, 6.45) is 0.0459. The fourth-order valence-corrected chi connectivity index (χ4v) is 2.92. The van der Waals surface area contributed by atoms with Crippen molar-refractivity contribution in [1.82, 2.24) is 0 Å². The van der Waals surface area contributed by atoms with Crippen LogP contribution in [-0.4, -0.2) is 17.9 Å². The third-order valence-corrected chi connectivity index (χ3v) is 4.56. The Kier molecular flexibility index (Phi) is 4.48. The van der Waals surface area contributed by atoms with Gasteiger partial charge in [-0.3, -0.25) is 9.59 Å². The summed E-state index contributed by atoms with van der Waals surface area (Å²) in [5, 5.41) is 4.10. The summed E-state index contributed by atoms with van der Waals surface area (Å²) < 4.78 is 0. The first-order valence-electron chi connectivity index (χ1n) is 6.80. The number of anilines is 2. The second-order valence-electron chi connectivity index (χ2n) is 5.05. The fourth-order valence-electron chi connectivity index (χ4n) is 2.41. The van der Waals surface area contributed by atoms with E-state index >= 15 is 0 Å². The van der Waals surface area contributed by atoms with Gasteiger partial charge < -0.3 is 5.32 Å². The van der Waals surface area contributed by atoms with Crippen LogP contribution < -0.4 is 10.2 Å². The normalized spacial score (nSPS) is 17.7. The predicted octanol–water partition coefficient (Wildman–Crippen LogP) is 4.39. The van der Waals surface area contributed by atoms with E-state index in [0.717, 1.165) is 4.90 Å². The van der Waals surface area contributed by atoms with Crippen molar-refractivity contribution in [2.45, 2.75) is 12.5 Å². The molecule has 0 saturated carbocycles. The summed E-state index contributed by atoms with van der Waals surface area (Å²) in [4.78, 5) is 25.9. The number of rotatable bonds is 3. The van der Waals surface area contributed by atoms with Crippen molar-refractivity contribution in [1.29, 1.82) is 0 Å². The Hall–Kier alpha value is -1.75. The highest BCUT2D eigenvalue weighted by molar-refractivity contribution is 6.45. The molecule has 3 rings (SSSR count). The standard InChI is InChI=1S/C16H11Cl3N2O2/c17-9-4-6-10(7-5-9)20-12-8-14(22)21(16(12)23)13-3-1-2-11(18)15(13)19/h1-7,12,20H,8H2/t12-/m0/s1. The van der Waals surface area contributed by atoms with E-state index in [1.165, 1.54) is 0 Å². The van der Waals surface area contributed by atoms with Crippen LogP contribution in [0.5, 0.6) is 0 Å². The molecule has 1 aliphatic heterocycles. The van der Waals surface area contributed by atoms with Gasteiger partial charge in [0, 0.05) is 10.7 Å². The van der Waals surface area contributed by atoms with E-state index in [0.29, 0.717) is 21.4 Å². The van der Waals surface area contributed by atoms with Gasteiger partial charge in [-0.25, -0.2) is 4.90 Å². The van der Waals surface area contributed by atoms with Crippen LogP contribution in [0.25, 0.3) is 0 Å². The van der Waals surface area contributed by atoms with Gasteiger partial charge in [0.1, 0.15) is 6.04 Å². The number of hydrogen-bond acceptors (Lipinski definition) is 3. The van der Waals surface area contributed by atoms with Gasteiger partial charge in [0.15, 0.2) is 0 Å². The summed E-state index contributed by atoms with van der Waals surface area (Å²) in [7, 11) is 0. The molecule has 2 amide bonds. The number of imide groups is 1. The second kappa shape index (κ2) is 6.40. The molecule has 1 aliphatic rings. The topological polar surface area (TPSA) is 49.4 Å². The summed E-state index contributed by atoms with van der Waals surface area (Å²) in [6, 6.07) is 11.1. The molecular formula is C16H11Cl3N2O2. The van der Waals surface area contributed by atoms with Gasteiger partial charge in [-0.2, -0.15) is 0 Å². The third-order valence-electron chi connectivity index (χ3n) is 3.50. The molecule has 2 aromatic rings. The molecular weight excluding hydrogens is 359 g/mol. The van der Waals surface area contributed by atoms with E-state index in [9.17, 15) is 9.59 Å². The van der Waals surface area contributed by atoms with E-state index in [2.05, 4.69) is 5.32 Å². The number of nitrogens with zero attached hydrogens (tertiary/aromatic N) is 1. The Morgan fingerprint density at radius 3 is 2.39 bits per heavy atom. The average Bonchev–Trinajstić information content (AvgIpc) is 2.79.